The Balaban J connectivity index is 1.76. The van der Waals surface area contributed by atoms with Gasteiger partial charge in [-0.3, -0.25) is 19.7 Å². The highest BCUT2D eigenvalue weighted by molar-refractivity contribution is 6.10. The lowest BCUT2D eigenvalue weighted by atomic mass is 9.96. The van der Waals surface area contributed by atoms with Gasteiger partial charge in [0, 0.05) is 30.7 Å². The van der Waals surface area contributed by atoms with E-state index in [1.165, 1.54) is 0 Å². The minimum absolute atomic E-state index is 0.0862. The van der Waals surface area contributed by atoms with E-state index in [0.717, 1.165) is 22.6 Å². The summed E-state index contributed by atoms with van der Waals surface area (Å²) in [5, 5.41) is 0. The van der Waals surface area contributed by atoms with Crippen LogP contribution in [0.5, 0.6) is 0 Å². The molecular weight excluding hydrogens is 286 g/mol. The summed E-state index contributed by atoms with van der Waals surface area (Å²) < 4.78 is 0. The lowest BCUT2D eigenvalue weighted by Gasteiger charge is -2.18. The molecular formula is C19H15N3O. The van der Waals surface area contributed by atoms with Crippen LogP contribution in [0.4, 0.5) is 11.4 Å². The molecule has 1 amide bonds. The Morgan fingerprint density at radius 2 is 1.74 bits per heavy atom. The maximum atomic E-state index is 13.0. The molecule has 112 valence electrons. The summed E-state index contributed by atoms with van der Waals surface area (Å²) in [4.78, 5) is 23.3. The van der Waals surface area contributed by atoms with Crippen LogP contribution in [0.25, 0.3) is 0 Å². The van der Waals surface area contributed by atoms with Gasteiger partial charge in [0.1, 0.15) is 0 Å². The number of hydrogen-bond acceptors (Lipinski definition) is 3. The first-order valence-corrected chi connectivity index (χ1v) is 7.57. The van der Waals surface area contributed by atoms with Crippen molar-refractivity contribution in [1.29, 1.82) is 0 Å². The molecule has 4 nitrogen and oxygen atoms in total. The number of para-hydroxylation sites is 2. The Hall–Kier alpha value is -3.01. The SMILES string of the molecule is O=C1C(Cc2cnccn2)c2ccccc2N1c1ccccc1. The number of rotatable bonds is 3. The van der Waals surface area contributed by atoms with E-state index in [9.17, 15) is 4.79 Å². The Labute approximate surface area is 134 Å². The molecule has 0 spiro atoms. The Bertz CT molecular complexity index is 834. The highest BCUT2D eigenvalue weighted by atomic mass is 16.2. The van der Waals surface area contributed by atoms with Gasteiger partial charge in [-0.15, -0.1) is 0 Å². The van der Waals surface area contributed by atoms with Gasteiger partial charge in [0.25, 0.3) is 0 Å². The predicted octanol–water partition coefficient (Wildman–Crippen LogP) is 3.48. The highest BCUT2D eigenvalue weighted by Crippen LogP contribution is 2.42. The molecule has 0 bridgehead atoms. The fourth-order valence-corrected chi connectivity index (χ4v) is 3.08. The molecule has 0 radical (unpaired) electrons. The van der Waals surface area contributed by atoms with Crippen LogP contribution >= 0.6 is 0 Å². The van der Waals surface area contributed by atoms with Crippen molar-refractivity contribution in [2.24, 2.45) is 0 Å². The number of anilines is 2. The van der Waals surface area contributed by atoms with Crippen LogP contribution < -0.4 is 4.90 Å². The Kier molecular flexibility index (Phi) is 3.35. The van der Waals surface area contributed by atoms with E-state index < -0.39 is 0 Å². The van der Waals surface area contributed by atoms with Gasteiger partial charge in [0.05, 0.1) is 17.3 Å². The van der Waals surface area contributed by atoms with Crippen molar-refractivity contribution >= 4 is 17.3 Å². The molecule has 4 heteroatoms. The molecule has 1 aromatic heterocycles. The van der Waals surface area contributed by atoms with Crippen molar-refractivity contribution in [3.05, 3.63) is 84.4 Å². The predicted molar refractivity (Wildman–Crippen MR) is 88.5 cm³/mol. The normalized spacial score (nSPS) is 16.4. The molecule has 4 rings (SSSR count). The van der Waals surface area contributed by atoms with E-state index in [2.05, 4.69) is 9.97 Å². The van der Waals surface area contributed by atoms with Gasteiger partial charge in [-0.1, -0.05) is 36.4 Å². The van der Waals surface area contributed by atoms with Crippen LogP contribution in [0.2, 0.25) is 0 Å². The van der Waals surface area contributed by atoms with E-state index in [0.29, 0.717) is 6.42 Å². The number of benzene rings is 2. The number of carbonyl (C=O) groups excluding carboxylic acids is 1. The lowest BCUT2D eigenvalue weighted by Crippen LogP contribution is -2.24. The van der Waals surface area contributed by atoms with Crippen molar-refractivity contribution in [1.82, 2.24) is 9.97 Å². The summed E-state index contributed by atoms with van der Waals surface area (Å²) in [6.45, 7) is 0. The van der Waals surface area contributed by atoms with Crippen molar-refractivity contribution in [3.63, 3.8) is 0 Å². The first-order chi connectivity index (χ1) is 11.3. The molecule has 23 heavy (non-hydrogen) atoms. The molecule has 1 unspecified atom stereocenters. The second-order valence-corrected chi connectivity index (χ2v) is 5.52. The Morgan fingerprint density at radius 3 is 2.52 bits per heavy atom. The minimum atomic E-state index is -0.219. The van der Waals surface area contributed by atoms with E-state index in [4.69, 9.17) is 0 Å². The first kappa shape index (κ1) is 13.6. The summed E-state index contributed by atoms with van der Waals surface area (Å²) in [5.41, 5.74) is 3.73. The van der Waals surface area contributed by atoms with Crippen LogP contribution in [0.3, 0.4) is 0 Å². The molecule has 0 saturated heterocycles. The first-order valence-electron chi connectivity index (χ1n) is 7.57. The molecule has 1 aliphatic rings. The van der Waals surface area contributed by atoms with Crippen LogP contribution in [-0.4, -0.2) is 15.9 Å². The second-order valence-electron chi connectivity index (χ2n) is 5.52. The summed E-state index contributed by atoms with van der Waals surface area (Å²) in [7, 11) is 0. The smallest absolute Gasteiger partial charge is 0.239 e. The van der Waals surface area contributed by atoms with Crippen molar-refractivity contribution in [2.75, 3.05) is 4.90 Å². The van der Waals surface area contributed by atoms with Crippen LogP contribution in [0.15, 0.2) is 73.2 Å². The maximum absolute atomic E-state index is 13.0. The zero-order valence-electron chi connectivity index (χ0n) is 12.5. The van der Waals surface area contributed by atoms with Crippen molar-refractivity contribution in [3.8, 4) is 0 Å². The third-order valence-electron chi connectivity index (χ3n) is 4.12. The van der Waals surface area contributed by atoms with E-state index in [1.807, 2.05) is 54.6 Å². The van der Waals surface area contributed by atoms with Gasteiger partial charge in [-0.05, 0) is 23.8 Å². The zero-order chi connectivity index (χ0) is 15.6. The van der Waals surface area contributed by atoms with E-state index >= 15 is 0 Å². The van der Waals surface area contributed by atoms with Crippen molar-refractivity contribution in [2.45, 2.75) is 12.3 Å². The van der Waals surface area contributed by atoms with Gasteiger partial charge in [0.15, 0.2) is 0 Å². The zero-order valence-corrected chi connectivity index (χ0v) is 12.5. The number of aromatic nitrogens is 2. The molecule has 1 aliphatic heterocycles. The molecule has 0 fully saturated rings. The molecule has 3 aromatic rings. The van der Waals surface area contributed by atoms with Gasteiger partial charge in [0.2, 0.25) is 5.91 Å². The number of amides is 1. The highest BCUT2D eigenvalue weighted by Gasteiger charge is 2.37. The number of nitrogens with zero attached hydrogens (tertiary/aromatic N) is 3. The fourth-order valence-electron chi connectivity index (χ4n) is 3.08. The second kappa shape index (κ2) is 5.65. The standard InChI is InChI=1S/C19H15N3O/c23-19-17(12-14-13-20-10-11-21-14)16-8-4-5-9-18(16)22(19)15-6-2-1-3-7-15/h1-11,13,17H,12H2. The summed E-state index contributed by atoms with van der Waals surface area (Å²) in [5.74, 6) is -0.133. The molecule has 2 aromatic carbocycles. The van der Waals surface area contributed by atoms with Gasteiger partial charge < -0.3 is 0 Å². The quantitative estimate of drug-likeness (QED) is 0.744. The largest absolute Gasteiger partial charge is 0.280 e. The molecule has 0 N–H and O–H groups in total. The van der Waals surface area contributed by atoms with Gasteiger partial charge in [-0.2, -0.15) is 0 Å². The molecule has 2 heterocycles. The van der Waals surface area contributed by atoms with E-state index in [1.54, 1.807) is 23.5 Å². The van der Waals surface area contributed by atoms with Crippen molar-refractivity contribution < 1.29 is 4.79 Å². The average molecular weight is 301 g/mol. The maximum Gasteiger partial charge on any atom is 0.239 e. The minimum Gasteiger partial charge on any atom is -0.280 e. The summed E-state index contributed by atoms with van der Waals surface area (Å²) in [6, 6.07) is 17.7. The van der Waals surface area contributed by atoms with Gasteiger partial charge in [-0.25, -0.2) is 0 Å². The number of fused-ring (bicyclic) bond motifs is 1. The van der Waals surface area contributed by atoms with Crippen LogP contribution in [0.1, 0.15) is 17.2 Å². The third kappa shape index (κ3) is 2.38. The van der Waals surface area contributed by atoms with Gasteiger partial charge >= 0.3 is 0 Å². The Morgan fingerprint density at radius 1 is 0.957 bits per heavy atom. The van der Waals surface area contributed by atoms with E-state index in [-0.39, 0.29) is 11.8 Å². The molecule has 0 aliphatic carbocycles. The summed E-state index contributed by atoms with van der Waals surface area (Å²) in [6.07, 6.45) is 5.59. The summed E-state index contributed by atoms with van der Waals surface area (Å²) >= 11 is 0. The van der Waals surface area contributed by atoms with Crippen LogP contribution in [0, 0.1) is 0 Å². The topological polar surface area (TPSA) is 46.1 Å². The number of carbonyl (C=O) groups is 1. The fraction of sp³-hybridized carbons (Fsp3) is 0.105. The molecule has 0 saturated carbocycles. The third-order valence-corrected chi connectivity index (χ3v) is 4.12. The average Bonchev–Trinajstić information content (AvgIpc) is 2.89. The lowest BCUT2D eigenvalue weighted by molar-refractivity contribution is -0.118. The van der Waals surface area contributed by atoms with Crippen LogP contribution in [-0.2, 0) is 11.2 Å². The number of hydrogen-bond donors (Lipinski definition) is 0. The molecule has 1 atom stereocenters. The monoisotopic (exact) mass is 301 g/mol.